The smallest absolute Gasteiger partial charge is 0.122 e. The molecule has 0 amide bonds. The second kappa shape index (κ2) is 5.77. The van der Waals surface area contributed by atoms with Crippen LogP contribution in [-0.2, 0) is 0 Å². The van der Waals surface area contributed by atoms with Crippen molar-refractivity contribution in [3.63, 3.8) is 0 Å². The van der Waals surface area contributed by atoms with Gasteiger partial charge in [0.2, 0.25) is 0 Å². The average molecular weight is 387 g/mol. The monoisotopic (exact) mass is 385 g/mol. The minimum absolute atomic E-state index is 0.298. The van der Waals surface area contributed by atoms with E-state index in [4.69, 9.17) is 18.0 Å². The lowest BCUT2D eigenvalue weighted by atomic mass is 10.3. The molecule has 0 spiro atoms. The van der Waals surface area contributed by atoms with Gasteiger partial charge in [-0.1, -0.05) is 28.1 Å². The Labute approximate surface area is 127 Å². The molecule has 1 heterocycles. The minimum atomic E-state index is 0.298. The molecule has 2 aromatic rings. The number of thiocarbonyl (C=S) groups is 1. The third kappa shape index (κ3) is 3.28. The Hall–Kier alpha value is -0.980. The second-order valence-electron chi connectivity index (χ2n) is 3.55. The summed E-state index contributed by atoms with van der Waals surface area (Å²) < 4.78 is 1.98. The Kier molecular flexibility index (Phi) is 4.31. The van der Waals surface area contributed by atoms with Crippen LogP contribution in [0.3, 0.4) is 0 Å². The lowest BCUT2D eigenvalue weighted by Crippen LogP contribution is -2.11. The van der Waals surface area contributed by atoms with Gasteiger partial charge in [-0.25, -0.2) is 0 Å². The number of nitrogens with one attached hydrogen (secondary N) is 1. The van der Waals surface area contributed by atoms with Crippen molar-refractivity contribution in [2.24, 2.45) is 5.73 Å². The number of pyridine rings is 1. The molecule has 92 valence electrons. The van der Waals surface area contributed by atoms with Gasteiger partial charge in [0, 0.05) is 8.95 Å². The van der Waals surface area contributed by atoms with Crippen LogP contribution in [0.1, 0.15) is 5.69 Å². The molecular weight excluding hydrogens is 378 g/mol. The Morgan fingerprint density at radius 3 is 2.56 bits per heavy atom. The third-order valence-electron chi connectivity index (χ3n) is 2.23. The van der Waals surface area contributed by atoms with Gasteiger partial charge in [-0.05, 0) is 46.3 Å². The molecule has 0 fully saturated rings. The molecule has 6 heteroatoms. The highest BCUT2D eigenvalue weighted by Crippen LogP contribution is 2.28. The maximum absolute atomic E-state index is 5.49. The van der Waals surface area contributed by atoms with Gasteiger partial charge in [-0.15, -0.1) is 0 Å². The highest BCUT2D eigenvalue weighted by Gasteiger charge is 2.02. The van der Waals surface area contributed by atoms with E-state index in [0.717, 1.165) is 20.3 Å². The lowest BCUT2D eigenvalue weighted by molar-refractivity contribution is 1.29. The van der Waals surface area contributed by atoms with E-state index >= 15 is 0 Å². The second-order valence-corrected chi connectivity index (χ2v) is 5.76. The number of benzene rings is 1. The largest absolute Gasteiger partial charge is 0.388 e. The summed E-state index contributed by atoms with van der Waals surface area (Å²) in [5.74, 6) is 0. The van der Waals surface area contributed by atoms with Crippen molar-refractivity contribution < 1.29 is 0 Å². The van der Waals surface area contributed by atoms with E-state index < -0.39 is 0 Å². The van der Waals surface area contributed by atoms with E-state index in [0.29, 0.717) is 10.7 Å². The van der Waals surface area contributed by atoms with Crippen molar-refractivity contribution >= 4 is 60.4 Å². The quantitative estimate of drug-likeness (QED) is 0.783. The fraction of sp³-hybridized carbons (Fsp3) is 0. The van der Waals surface area contributed by atoms with Crippen LogP contribution in [0.2, 0.25) is 0 Å². The predicted octanol–water partition coefficient (Wildman–Crippen LogP) is 3.98. The van der Waals surface area contributed by atoms with Crippen LogP contribution in [0, 0.1) is 0 Å². The van der Waals surface area contributed by atoms with Gasteiger partial charge in [-0.2, -0.15) is 0 Å². The van der Waals surface area contributed by atoms with Gasteiger partial charge in [0.25, 0.3) is 0 Å². The number of rotatable bonds is 3. The van der Waals surface area contributed by atoms with Crippen LogP contribution in [0.4, 0.5) is 11.4 Å². The molecule has 0 saturated heterocycles. The molecule has 0 bridgehead atoms. The highest BCUT2D eigenvalue weighted by atomic mass is 79.9. The van der Waals surface area contributed by atoms with Crippen LogP contribution in [0.5, 0.6) is 0 Å². The molecule has 0 aliphatic rings. The fourth-order valence-corrected chi connectivity index (χ4v) is 2.63. The van der Waals surface area contributed by atoms with Gasteiger partial charge >= 0.3 is 0 Å². The number of nitrogens with zero attached hydrogens (tertiary/aromatic N) is 1. The topological polar surface area (TPSA) is 50.9 Å². The predicted molar refractivity (Wildman–Crippen MR) is 85.2 cm³/mol. The normalized spacial score (nSPS) is 10.1. The number of hydrogen-bond donors (Lipinski definition) is 2. The lowest BCUT2D eigenvalue weighted by Gasteiger charge is -2.09. The summed E-state index contributed by atoms with van der Waals surface area (Å²) >= 11 is 11.7. The molecule has 0 saturated carbocycles. The zero-order chi connectivity index (χ0) is 13.1. The van der Waals surface area contributed by atoms with E-state index in [9.17, 15) is 0 Å². The van der Waals surface area contributed by atoms with Crippen LogP contribution in [0.25, 0.3) is 0 Å². The molecule has 0 aliphatic heterocycles. The molecule has 3 N–H and O–H groups in total. The van der Waals surface area contributed by atoms with E-state index in [2.05, 4.69) is 42.2 Å². The molecule has 1 aromatic heterocycles. The van der Waals surface area contributed by atoms with Crippen molar-refractivity contribution in [3.05, 3.63) is 51.2 Å². The molecule has 0 aliphatic carbocycles. The maximum Gasteiger partial charge on any atom is 0.122 e. The SMILES string of the molecule is NC(=S)c1ccc(Nc2ccc(Br)cc2Br)cn1. The van der Waals surface area contributed by atoms with Crippen molar-refractivity contribution in [1.29, 1.82) is 0 Å². The van der Waals surface area contributed by atoms with E-state index in [-0.39, 0.29) is 0 Å². The molecule has 1 aromatic carbocycles. The number of halogens is 2. The summed E-state index contributed by atoms with van der Waals surface area (Å²) in [6.07, 6.45) is 1.70. The van der Waals surface area contributed by atoms with E-state index in [1.165, 1.54) is 0 Å². The van der Waals surface area contributed by atoms with Crippen LogP contribution in [0.15, 0.2) is 45.5 Å². The van der Waals surface area contributed by atoms with Gasteiger partial charge < -0.3 is 11.1 Å². The molecule has 0 radical (unpaired) electrons. The summed E-state index contributed by atoms with van der Waals surface area (Å²) in [5.41, 5.74) is 7.94. The first-order valence-electron chi connectivity index (χ1n) is 5.04. The molecule has 0 unspecified atom stereocenters. The van der Waals surface area contributed by atoms with Gasteiger partial charge in [-0.3, -0.25) is 4.98 Å². The Morgan fingerprint density at radius 2 is 2.00 bits per heavy atom. The maximum atomic E-state index is 5.49. The van der Waals surface area contributed by atoms with Crippen LogP contribution < -0.4 is 11.1 Å². The molecule has 3 nitrogen and oxygen atoms in total. The van der Waals surface area contributed by atoms with Gasteiger partial charge in [0.15, 0.2) is 0 Å². The molecule has 18 heavy (non-hydrogen) atoms. The zero-order valence-electron chi connectivity index (χ0n) is 9.15. The summed E-state index contributed by atoms with van der Waals surface area (Å²) in [6.45, 7) is 0. The van der Waals surface area contributed by atoms with E-state index in [1.807, 2.05) is 24.3 Å². The first-order valence-corrected chi connectivity index (χ1v) is 7.03. The van der Waals surface area contributed by atoms with Crippen molar-refractivity contribution in [3.8, 4) is 0 Å². The number of hydrogen-bond acceptors (Lipinski definition) is 3. The summed E-state index contributed by atoms with van der Waals surface area (Å²) in [6, 6.07) is 9.58. The summed E-state index contributed by atoms with van der Waals surface area (Å²) in [7, 11) is 0. The first-order chi connectivity index (χ1) is 8.56. The van der Waals surface area contributed by atoms with Crippen LogP contribution in [-0.4, -0.2) is 9.97 Å². The van der Waals surface area contributed by atoms with E-state index in [1.54, 1.807) is 12.3 Å². The molecule has 2 rings (SSSR count). The highest BCUT2D eigenvalue weighted by molar-refractivity contribution is 9.11. The number of aromatic nitrogens is 1. The minimum Gasteiger partial charge on any atom is -0.388 e. The summed E-state index contributed by atoms with van der Waals surface area (Å²) in [5, 5.41) is 3.25. The number of anilines is 2. The standard InChI is InChI=1S/C12H9Br2N3S/c13-7-1-3-10(9(14)5-7)17-8-2-4-11(12(15)18)16-6-8/h1-6,17H,(H2,15,18). The average Bonchev–Trinajstić information content (AvgIpc) is 2.33. The molecular formula is C12H9Br2N3S. The van der Waals surface area contributed by atoms with Gasteiger partial charge in [0.05, 0.1) is 23.3 Å². The number of nitrogens with two attached hydrogens (primary N) is 1. The van der Waals surface area contributed by atoms with Crippen molar-refractivity contribution in [2.45, 2.75) is 0 Å². The van der Waals surface area contributed by atoms with Crippen molar-refractivity contribution in [2.75, 3.05) is 5.32 Å². The van der Waals surface area contributed by atoms with Crippen LogP contribution >= 0.6 is 44.1 Å². The Morgan fingerprint density at radius 1 is 1.22 bits per heavy atom. The van der Waals surface area contributed by atoms with Crippen molar-refractivity contribution in [1.82, 2.24) is 4.98 Å². The Bertz CT molecular complexity index is 584. The zero-order valence-corrected chi connectivity index (χ0v) is 13.1. The first kappa shape index (κ1) is 13.5. The van der Waals surface area contributed by atoms with Gasteiger partial charge in [0.1, 0.15) is 4.99 Å². The fourth-order valence-electron chi connectivity index (χ4n) is 1.36. The molecule has 0 atom stereocenters. The summed E-state index contributed by atoms with van der Waals surface area (Å²) in [4.78, 5) is 4.47. The third-order valence-corrected chi connectivity index (χ3v) is 3.58. The Balaban J connectivity index is 2.21.